The van der Waals surface area contributed by atoms with Crippen molar-refractivity contribution < 1.29 is 23.6 Å². The van der Waals surface area contributed by atoms with Gasteiger partial charge in [-0.05, 0) is 59.5 Å². The molecular weight excluding hydrogens is 447 g/mol. The zero-order chi connectivity index (χ0) is 24.2. The fourth-order valence-electron chi connectivity index (χ4n) is 4.27. The molecule has 0 spiro atoms. The number of nitro groups is 1. The molecule has 3 heterocycles. The smallest absolute Gasteiger partial charge is 0.414 e. The van der Waals surface area contributed by atoms with Gasteiger partial charge in [-0.2, -0.15) is 0 Å². The van der Waals surface area contributed by atoms with Crippen LogP contribution in [0.25, 0.3) is 0 Å². The van der Waals surface area contributed by atoms with Crippen molar-refractivity contribution in [2.24, 2.45) is 0 Å². The molecule has 0 bridgehead atoms. The van der Waals surface area contributed by atoms with E-state index in [9.17, 15) is 24.1 Å². The molecule has 34 heavy (non-hydrogen) atoms. The number of carbonyl (C=O) groups is 2. The van der Waals surface area contributed by atoms with Gasteiger partial charge in [0.15, 0.2) is 6.20 Å². The van der Waals surface area contributed by atoms with Gasteiger partial charge in [-0.25, -0.2) is 14.2 Å². The maximum absolute atomic E-state index is 15.0. The molecule has 1 N–H and O–H groups in total. The van der Waals surface area contributed by atoms with Crippen LogP contribution in [0.5, 0.6) is 0 Å². The maximum Gasteiger partial charge on any atom is 0.414 e. The molecule has 0 radical (unpaired) electrons. The van der Waals surface area contributed by atoms with Crippen molar-refractivity contribution in [3.63, 3.8) is 0 Å². The molecule has 180 valence electrons. The predicted octanol–water partition coefficient (Wildman–Crippen LogP) is 2.36. The Labute approximate surface area is 195 Å². The second kappa shape index (κ2) is 10.1. The maximum atomic E-state index is 15.0. The number of halogens is 1. The highest BCUT2D eigenvalue weighted by atomic mass is 19.1. The fourth-order valence-corrected chi connectivity index (χ4v) is 4.27. The summed E-state index contributed by atoms with van der Waals surface area (Å²) in [6.45, 7) is 3.82. The minimum Gasteiger partial charge on any atom is -0.442 e. The van der Waals surface area contributed by atoms with Crippen molar-refractivity contribution in [3.05, 3.63) is 57.8 Å². The van der Waals surface area contributed by atoms with Gasteiger partial charge in [0.25, 0.3) is 0 Å². The number of amides is 2. The molecule has 0 saturated carbocycles. The summed E-state index contributed by atoms with van der Waals surface area (Å²) in [6.07, 6.45) is 3.01. The van der Waals surface area contributed by atoms with Crippen LogP contribution in [0.3, 0.4) is 0 Å². The van der Waals surface area contributed by atoms with Gasteiger partial charge in [0, 0.05) is 13.5 Å². The van der Waals surface area contributed by atoms with E-state index < -0.39 is 17.1 Å². The summed E-state index contributed by atoms with van der Waals surface area (Å²) in [4.78, 5) is 44.8. The van der Waals surface area contributed by atoms with E-state index in [2.05, 4.69) is 20.2 Å². The highest BCUT2D eigenvalue weighted by Crippen LogP contribution is 2.33. The van der Waals surface area contributed by atoms with Gasteiger partial charge in [0.2, 0.25) is 5.91 Å². The van der Waals surface area contributed by atoms with Crippen molar-refractivity contribution in [2.45, 2.75) is 38.3 Å². The van der Waals surface area contributed by atoms with Gasteiger partial charge >= 0.3 is 11.9 Å². The van der Waals surface area contributed by atoms with Crippen LogP contribution in [-0.4, -0.2) is 64.1 Å². The molecule has 1 aromatic heterocycles. The lowest BCUT2D eigenvalue weighted by atomic mass is 9.89. The van der Waals surface area contributed by atoms with Crippen LogP contribution < -0.4 is 10.2 Å². The van der Waals surface area contributed by atoms with E-state index in [1.165, 1.54) is 24.1 Å². The molecule has 2 amide bonds. The topological polar surface area (TPSA) is 131 Å². The standard InChI is InChI=1S/C22H25FN6O5/c1-14(30)24-10-18-13-28(22(31)34-18)17-2-3-19(20(23)8-17)15-4-6-27(7-5-15)12-16-9-26-21(11-25-16)29(32)33/h2-3,8-9,11,15,18H,4-7,10,12-13H2,1H3,(H,24,30). The first kappa shape index (κ1) is 23.5. The Bertz CT molecular complexity index is 1070. The summed E-state index contributed by atoms with van der Waals surface area (Å²) in [5, 5.41) is 13.3. The molecule has 1 aromatic carbocycles. The van der Waals surface area contributed by atoms with Gasteiger partial charge in [-0.1, -0.05) is 6.07 Å². The second-order valence-electron chi connectivity index (χ2n) is 8.43. The van der Waals surface area contributed by atoms with Crippen LogP contribution in [0, 0.1) is 15.9 Å². The van der Waals surface area contributed by atoms with Crippen LogP contribution in [-0.2, 0) is 16.1 Å². The number of benzene rings is 1. The van der Waals surface area contributed by atoms with Crippen LogP contribution in [0.2, 0.25) is 0 Å². The van der Waals surface area contributed by atoms with E-state index in [0.717, 1.165) is 32.1 Å². The molecule has 11 nitrogen and oxygen atoms in total. The molecule has 1 unspecified atom stereocenters. The molecular formula is C22H25FN6O5. The van der Waals surface area contributed by atoms with Crippen molar-refractivity contribution in [1.82, 2.24) is 20.2 Å². The third-order valence-electron chi connectivity index (χ3n) is 6.04. The summed E-state index contributed by atoms with van der Waals surface area (Å²) >= 11 is 0. The normalized spacial score (nSPS) is 19.2. The number of likely N-dealkylation sites (tertiary alicyclic amines) is 1. The summed E-state index contributed by atoms with van der Waals surface area (Å²) in [6, 6.07) is 4.80. The van der Waals surface area contributed by atoms with E-state index in [1.807, 2.05) is 0 Å². The summed E-state index contributed by atoms with van der Waals surface area (Å²) in [7, 11) is 0. The molecule has 2 aromatic rings. The number of hydrogen-bond acceptors (Lipinski definition) is 8. The SMILES string of the molecule is CC(=O)NCC1CN(c2ccc(C3CCN(Cc4cnc([N+](=O)[O-])cn4)CC3)c(F)c2)C(=O)O1. The molecule has 2 saturated heterocycles. The monoisotopic (exact) mass is 472 g/mol. The molecule has 4 rings (SSSR count). The highest BCUT2D eigenvalue weighted by molar-refractivity contribution is 5.89. The average Bonchev–Trinajstić information content (AvgIpc) is 3.19. The number of rotatable bonds is 7. The Kier molecular flexibility index (Phi) is 6.96. The summed E-state index contributed by atoms with van der Waals surface area (Å²) < 4.78 is 20.2. The molecule has 1 atom stereocenters. The van der Waals surface area contributed by atoms with E-state index in [4.69, 9.17) is 4.74 Å². The molecule has 0 aliphatic carbocycles. The number of cyclic esters (lactones) is 1. The van der Waals surface area contributed by atoms with Crippen LogP contribution >= 0.6 is 0 Å². The number of nitrogens with zero attached hydrogens (tertiary/aromatic N) is 5. The lowest BCUT2D eigenvalue weighted by Gasteiger charge is -2.32. The summed E-state index contributed by atoms with van der Waals surface area (Å²) in [5.41, 5.74) is 1.68. The Balaban J connectivity index is 1.33. The van der Waals surface area contributed by atoms with E-state index >= 15 is 0 Å². The van der Waals surface area contributed by atoms with Gasteiger partial charge in [-0.15, -0.1) is 0 Å². The van der Waals surface area contributed by atoms with Gasteiger partial charge in [0.1, 0.15) is 18.1 Å². The fraction of sp³-hybridized carbons (Fsp3) is 0.455. The highest BCUT2D eigenvalue weighted by Gasteiger charge is 2.33. The lowest BCUT2D eigenvalue weighted by molar-refractivity contribution is -0.389. The van der Waals surface area contributed by atoms with Gasteiger partial charge < -0.3 is 20.2 Å². The number of piperidine rings is 1. The molecule has 2 aliphatic heterocycles. The number of nitrogens with one attached hydrogen (secondary N) is 1. The largest absolute Gasteiger partial charge is 0.442 e. The third kappa shape index (κ3) is 5.45. The van der Waals surface area contributed by atoms with E-state index in [1.54, 1.807) is 12.1 Å². The Morgan fingerprint density at radius 2 is 2.06 bits per heavy atom. The quantitative estimate of drug-likeness (QED) is 0.480. The van der Waals surface area contributed by atoms with Crippen molar-refractivity contribution >= 4 is 23.5 Å². The van der Waals surface area contributed by atoms with Crippen molar-refractivity contribution in [1.29, 1.82) is 0 Å². The third-order valence-corrected chi connectivity index (χ3v) is 6.04. The average molecular weight is 472 g/mol. The zero-order valence-electron chi connectivity index (χ0n) is 18.6. The lowest BCUT2D eigenvalue weighted by Crippen LogP contribution is -2.33. The Morgan fingerprint density at radius 3 is 2.68 bits per heavy atom. The second-order valence-corrected chi connectivity index (χ2v) is 8.43. The molecule has 12 heteroatoms. The first-order valence-corrected chi connectivity index (χ1v) is 11.0. The number of carbonyl (C=O) groups excluding carboxylic acids is 2. The zero-order valence-corrected chi connectivity index (χ0v) is 18.6. The van der Waals surface area contributed by atoms with Gasteiger partial charge in [-0.3, -0.25) is 14.6 Å². The Morgan fingerprint density at radius 1 is 1.29 bits per heavy atom. The summed E-state index contributed by atoms with van der Waals surface area (Å²) in [5.74, 6) is -0.815. The minimum absolute atomic E-state index is 0.0475. The van der Waals surface area contributed by atoms with Crippen LogP contribution in [0.1, 0.15) is 36.9 Å². The number of anilines is 1. The van der Waals surface area contributed by atoms with Crippen molar-refractivity contribution in [3.8, 4) is 0 Å². The van der Waals surface area contributed by atoms with Crippen LogP contribution in [0.4, 0.5) is 20.7 Å². The number of hydrogen-bond donors (Lipinski definition) is 1. The van der Waals surface area contributed by atoms with Crippen LogP contribution in [0.15, 0.2) is 30.6 Å². The first-order valence-electron chi connectivity index (χ1n) is 11.0. The van der Waals surface area contributed by atoms with E-state index in [-0.39, 0.29) is 36.5 Å². The first-order chi connectivity index (χ1) is 16.3. The Hall–Kier alpha value is -3.67. The minimum atomic E-state index is -0.584. The van der Waals surface area contributed by atoms with Crippen molar-refractivity contribution in [2.75, 3.05) is 31.1 Å². The molecule has 2 aliphatic rings. The van der Waals surface area contributed by atoms with Gasteiger partial charge in [0.05, 0.1) is 24.5 Å². The predicted molar refractivity (Wildman–Crippen MR) is 119 cm³/mol. The number of aromatic nitrogens is 2. The molecule has 2 fully saturated rings. The number of ether oxygens (including phenoxy) is 1. The van der Waals surface area contributed by atoms with E-state index in [0.29, 0.717) is 23.5 Å².